The standard InChI is InChI=1S/C23H42O5/c1-3-5-7-9-10-11-12-13-14-16-18-23(26)28-21(19-24)20-27-22(25)17-15-8-6-4-2/h7,9,21,24H,3-6,8,10-20H2,1-2H3/b9-7-. The van der Waals surface area contributed by atoms with E-state index in [4.69, 9.17) is 9.47 Å². The predicted octanol–water partition coefficient (Wildman–Crippen LogP) is 5.49. The number of unbranched alkanes of at least 4 members (excludes halogenated alkanes) is 9. The number of allylic oxidation sites excluding steroid dienone is 2. The van der Waals surface area contributed by atoms with Gasteiger partial charge in [-0.25, -0.2) is 0 Å². The molecule has 0 spiro atoms. The first-order valence-electron chi connectivity index (χ1n) is 11.2. The molecular formula is C23H42O5. The minimum Gasteiger partial charge on any atom is -0.462 e. The number of rotatable bonds is 19. The van der Waals surface area contributed by atoms with Gasteiger partial charge in [-0.2, -0.15) is 0 Å². The number of hydrogen-bond acceptors (Lipinski definition) is 5. The van der Waals surface area contributed by atoms with Crippen molar-refractivity contribution in [2.75, 3.05) is 13.2 Å². The van der Waals surface area contributed by atoms with E-state index in [0.717, 1.165) is 57.8 Å². The van der Waals surface area contributed by atoms with Gasteiger partial charge >= 0.3 is 11.9 Å². The van der Waals surface area contributed by atoms with Crippen molar-refractivity contribution < 1.29 is 24.2 Å². The van der Waals surface area contributed by atoms with Crippen molar-refractivity contribution in [2.24, 2.45) is 0 Å². The fourth-order valence-electron chi connectivity index (χ4n) is 2.79. The summed E-state index contributed by atoms with van der Waals surface area (Å²) < 4.78 is 10.3. The highest BCUT2D eigenvalue weighted by atomic mass is 16.6. The fraction of sp³-hybridized carbons (Fsp3) is 0.826. The molecule has 1 unspecified atom stereocenters. The van der Waals surface area contributed by atoms with Crippen molar-refractivity contribution in [1.82, 2.24) is 0 Å². The Morgan fingerprint density at radius 1 is 0.786 bits per heavy atom. The van der Waals surface area contributed by atoms with Crippen LogP contribution in [0.5, 0.6) is 0 Å². The highest BCUT2D eigenvalue weighted by Gasteiger charge is 2.15. The molecule has 0 aromatic rings. The SMILES string of the molecule is CCC/C=C\CCCCCCCC(=O)OC(CO)COC(=O)CCCCCC. The molecule has 0 rings (SSSR count). The topological polar surface area (TPSA) is 72.8 Å². The van der Waals surface area contributed by atoms with E-state index in [9.17, 15) is 14.7 Å². The van der Waals surface area contributed by atoms with Crippen LogP contribution in [-0.2, 0) is 19.1 Å². The van der Waals surface area contributed by atoms with Crippen molar-refractivity contribution in [3.05, 3.63) is 12.2 Å². The second-order valence-electron chi connectivity index (χ2n) is 7.35. The molecule has 0 saturated heterocycles. The van der Waals surface area contributed by atoms with Gasteiger partial charge in [0.25, 0.3) is 0 Å². The van der Waals surface area contributed by atoms with E-state index < -0.39 is 6.10 Å². The van der Waals surface area contributed by atoms with Crippen molar-refractivity contribution in [3.63, 3.8) is 0 Å². The van der Waals surface area contributed by atoms with Crippen LogP contribution in [0.15, 0.2) is 12.2 Å². The molecule has 1 atom stereocenters. The zero-order chi connectivity index (χ0) is 20.9. The van der Waals surface area contributed by atoms with Crippen molar-refractivity contribution in [1.29, 1.82) is 0 Å². The van der Waals surface area contributed by atoms with E-state index in [2.05, 4.69) is 26.0 Å². The second-order valence-corrected chi connectivity index (χ2v) is 7.35. The molecule has 0 heterocycles. The molecule has 0 bridgehead atoms. The molecule has 164 valence electrons. The summed E-state index contributed by atoms with van der Waals surface area (Å²) in [6.07, 6.45) is 17.3. The van der Waals surface area contributed by atoms with Crippen molar-refractivity contribution in [3.8, 4) is 0 Å². The first-order chi connectivity index (χ1) is 13.6. The molecule has 0 fully saturated rings. The Hall–Kier alpha value is -1.36. The number of carbonyl (C=O) groups excluding carboxylic acids is 2. The van der Waals surface area contributed by atoms with E-state index in [0.29, 0.717) is 12.8 Å². The van der Waals surface area contributed by atoms with E-state index in [1.54, 1.807) is 0 Å². The van der Waals surface area contributed by atoms with Gasteiger partial charge < -0.3 is 14.6 Å². The van der Waals surface area contributed by atoms with E-state index in [-0.39, 0.29) is 25.2 Å². The average Bonchev–Trinajstić information content (AvgIpc) is 2.69. The van der Waals surface area contributed by atoms with Crippen LogP contribution >= 0.6 is 0 Å². The molecule has 0 amide bonds. The van der Waals surface area contributed by atoms with Crippen LogP contribution < -0.4 is 0 Å². The van der Waals surface area contributed by atoms with Crippen molar-refractivity contribution in [2.45, 2.75) is 110 Å². The van der Waals surface area contributed by atoms with Gasteiger partial charge in [-0.1, -0.05) is 70.9 Å². The molecule has 5 nitrogen and oxygen atoms in total. The van der Waals surface area contributed by atoms with Gasteiger partial charge in [-0.3, -0.25) is 9.59 Å². The zero-order valence-electron chi connectivity index (χ0n) is 18.1. The average molecular weight is 399 g/mol. The minimum atomic E-state index is -0.762. The Balaban J connectivity index is 3.67. The molecular weight excluding hydrogens is 356 g/mol. The molecule has 1 N–H and O–H groups in total. The number of carbonyl (C=O) groups is 2. The summed E-state index contributed by atoms with van der Waals surface area (Å²) in [6.45, 7) is 3.90. The Kier molecular flexibility index (Phi) is 19.4. The van der Waals surface area contributed by atoms with Gasteiger partial charge in [-0.15, -0.1) is 0 Å². The Bertz CT molecular complexity index is 406. The lowest BCUT2D eigenvalue weighted by Gasteiger charge is -2.15. The van der Waals surface area contributed by atoms with Gasteiger partial charge in [0.1, 0.15) is 6.61 Å². The lowest BCUT2D eigenvalue weighted by atomic mass is 10.1. The number of aliphatic hydroxyl groups is 1. The normalized spacial score (nSPS) is 12.2. The third kappa shape index (κ3) is 18.0. The molecule has 0 aliphatic heterocycles. The number of hydrogen-bond donors (Lipinski definition) is 1. The summed E-state index contributed by atoms with van der Waals surface area (Å²) >= 11 is 0. The van der Waals surface area contributed by atoms with Crippen LogP contribution in [0.1, 0.15) is 104 Å². The van der Waals surface area contributed by atoms with E-state index >= 15 is 0 Å². The fourth-order valence-corrected chi connectivity index (χ4v) is 2.79. The summed E-state index contributed by atoms with van der Waals surface area (Å²) in [5, 5.41) is 9.31. The maximum atomic E-state index is 11.9. The van der Waals surface area contributed by atoms with E-state index in [1.165, 1.54) is 19.3 Å². The van der Waals surface area contributed by atoms with Gasteiger partial charge in [0, 0.05) is 12.8 Å². The highest BCUT2D eigenvalue weighted by molar-refractivity contribution is 5.70. The summed E-state index contributed by atoms with van der Waals surface area (Å²) in [6, 6.07) is 0. The van der Waals surface area contributed by atoms with Gasteiger partial charge in [0.2, 0.25) is 0 Å². The van der Waals surface area contributed by atoms with Crippen LogP contribution in [-0.4, -0.2) is 36.4 Å². The molecule has 0 radical (unpaired) electrons. The first kappa shape index (κ1) is 26.6. The highest BCUT2D eigenvalue weighted by Crippen LogP contribution is 2.10. The molecule has 0 saturated carbocycles. The van der Waals surface area contributed by atoms with Crippen LogP contribution in [0.25, 0.3) is 0 Å². The largest absolute Gasteiger partial charge is 0.462 e. The van der Waals surface area contributed by atoms with E-state index in [1.807, 2.05) is 0 Å². The summed E-state index contributed by atoms with van der Waals surface area (Å²) in [4.78, 5) is 23.5. The van der Waals surface area contributed by atoms with Crippen LogP contribution in [0.3, 0.4) is 0 Å². The maximum absolute atomic E-state index is 11.9. The lowest BCUT2D eigenvalue weighted by Crippen LogP contribution is -2.28. The molecule has 28 heavy (non-hydrogen) atoms. The second kappa shape index (κ2) is 20.4. The van der Waals surface area contributed by atoms with Crippen LogP contribution in [0.4, 0.5) is 0 Å². The van der Waals surface area contributed by atoms with Crippen molar-refractivity contribution >= 4 is 11.9 Å². The minimum absolute atomic E-state index is 0.0690. The smallest absolute Gasteiger partial charge is 0.306 e. The first-order valence-corrected chi connectivity index (χ1v) is 11.2. The molecule has 5 heteroatoms. The molecule has 0 aliphatic rings. The van der Waals surface area contributed by atoms with Gasteiger partial charge in [0.15, 0.2) is 6.10 Å². The predicted molar refractivity (Wildman–Crippen MR) is 113 cm³/mol. The third-order valence-electron chi connectivity index (χ3n) is 4.54. The summed E-state index contributed by atoms with van der Waals surface area (Å²) in [5.41, 5.74) is 0. The van der Waals surface area contributed by atoms with Gasteiger partial charge in [0.05, 0.1) is 6.61 Å². The Morgan fingerprint density at radius 3 is 2.07 bits per heavy atom. The number of esters is 2. The molecule has 0 aromatic heterocycles. The van der Waals surface area contributed by atoms with Gasteiger partial charge in [-0.05, 0) is 32.1 Å². The quantitative estimate of drug-likeness (QED) is 0.177. The third-order valence-corrected chi connectivity index (χ3v) is 4.54. The molecule has 0 aromatic carbocycles. The van der Waals surface area contributed by atoms with Crippen LogP contribution in [0.2, 0.25) is 0 Å². The lowest BCUT2D eigenvalue weighted by molar-refractivity contribution is -0.161. The van der Waals surface area contributed by atoms with Crippen LogP contribution in [0, 0.1) is 0 Å². The Morgan fingerprint density at radius 2 is 1.39 bits per heavy atom. The zero-order valence-corrected chi connectivity index (χ0v) is 18.1. The number of aliphatic hydroxyl groups excluding tert-OH is 1. The molecule has 0 aliphatic carbocycles. The number of ether oxygens (including phenoxy) is 2. The summed E-state index contributed by atoms with van der Waals surface area (Å²) in [7, 11) is 0. The maximum Gasteiger partial charge on any atom is 0.306 e. The Labute approximate surface area is 171 Å². The summed E-state index contributed by atoms with van der Waals surface area (Å²) in [5.74, 6) is -0.629. The monoisotopic (exact) mass is 398 g/mol.